The number of imidazole rings is 1. The molecule has 130 valence electrons. The number of aromatic nitrogens is 2. The number of carbonyl (C=O) groups is 1. The molecule has 0 aliphatic heterocycles. The maximum atomic E-state index is 12.7. The van der Waals surface area contributed by atoms with E-state index in [4.69, 9.17) is 0 Å². The van der Waals surface area contributed by atoms with Crippen molar-refractivity contribution in [3.05, 3.63) is 66.0 Å². The van der Waals surface area contributed by atoms with Crippen LogP contribution < -0.4 is 0 Å². The Labute approximate surface area is 147 Å². The standard InChI is InChI=1S/C20H23N3O2/c1-20(2,25)19-21-16-11-7-8-12-17(16)23(19)14-18(24)22(3)13-15-9-5-4-6-10-15/h4-12,25H,13-14H2,1-3H3. The Morgan fingerprint density at radius 3 is 2.44 bits per heavy atom. The number of rotatable bonds is 5. The van der Waals surface area contributed by atoms with Gasteiger partial charge in [0.1, 0.15) is 18.0 Å². The largest absolute Gasteiger partial charge is 0.383 e. The van der Waals surface area contributed by atoms with Gasteiger partial charge >= 0.3 is 0 Å². The molecule has 25 heavy (non-hydrogen) atoms. The van der Waals surface area contributed by atoms with Gasteiger partial charge in [-0.15, -0.1) is 0 Å². The first-order valence-electron chi connectivity index (χ1n) is 8.32. The van der Waals surface area contributed by atoms with Gasteiger partial charge in [0, 0.05) is 13.6 Å². The molecular formula is C20H23N3O2. The third-order valence-corrected chi connectivity index (χ3v) is 4.18. The first-order valence-corrected chi connectivity index (χ1v) is 8.32. The summed E-state index contributed by atoms with van der Waals surface area (Å²) in [6, 6.07) is 17.5. The van der Waals surface area contributed by atoms with Crippen molar-refractivity contribution in [2.24, 2.45) is 0 Å². The van der Waals surface area contributed by atoms with Crippen LogP contribution in [0.3, 0.4) is 0 Å². The molecule has 1 amide bonds. The molecule has 5 heteroatoms. The summed E-state index contributed by atoms with van der Waals surface area (Å²) in [5.41, 5.74) is 1.58. The molecule has 3 rings (SSSR count). The van der Waals surface area contributed by atoms with E-state index in [0.717, 1.165) is 16.6 Å². The van der Waals surface area contributed by atoms with Crippen LogP contribution in [0.4, 0.5) is 0 Å². The molecule has 0 unspecified atom stereocenters. The van der Waals surface area contributed by atoms with Gasteiger partial charge in [-0.25, -0.2) is 4.98 Å². The summed E-state index contributed by atoms with van der Waals surface area (Å²) in [4.78, 5) is 18.9. The van der Waals surface area contributed by atoms with Crippen molar-refractivity contribution in [3.8, 4) is 0 Å². The van der Waals surface area contributed by atoms with E-state index in [1.165, 1.54) is 0 Å². The summed E-state index contributed by atoms with van der Waals surface area (Å²) in [5, 5.41) is 10.4. The van der Waals surface area contributed by atoms with Crippen LogP contribution >= 0.6 is 0 Å². The number of aliphatic hydroxyl groups is 1. The fraction of sp³-hybridized carbons (Fsp3) is 0.300. The predicted molar refractivity (Wildman–Crippen MR) is 97.9 cm³/mol. The lowest BCUT2D eigenvalue weighted by Crippen LogP contribution is -2.32. The maximum absolute atomic E-state index is 12.7. The van der Waals surface area contributed by atoms with Gasteiger partial charge in [0.15, 0.2) is 0 Å². The minimum atomic E-state index is -1.13. The van der Waals surface area contributed by atoms with Gasteiger partial charge in [-0.3, -0.25) is 4.79 Å². The van der Waals surface area contributed by atoms with E-state index in [2.05, 4.69) is 4.98 Å². The van der Waals surface area contributed by atoms with E-state index >= 15 is 0 Å². The van der Waals surface area contributed by atoms with Gasteiger partial charge in [-0.1, -0.05) is 42.5 Å². The van der Waals surface area contributed by atoms with Gasteiger partial charge in [-0.2, -0.15) is 0 Å². The van der Waals surface area contributed by atoms with Crippen LogP contribution in [-0.4, -0.2) is 32.5 Å². The molecular weight excluding hydrogens is 314 g/mol. The summed E-state index contributed by atoms with van der Waals surface area (Å²) in [5.74, 6) is 0.465. The highest BCUT2D eigenvalue weighted by Crippen LogP contribution is 2.24. The first kappa shape index (κ1) is 17.2. The number of hydrogen-bond donors (Lipinski definition) is 1. The quantitative estimate of drug-likeness (QED) is 0.779. The molecule has 1 N–H and O–H groups in total. The van der Waals surface area contributed by atoms with Gasteiger partial charge < -0.3 is 14.6 Å². The number of hydrogen-bond acceptors (Lipinski definition) is 3. The van der Waals surface area contributed by atoms with Crippen LogP contribution in [0.15, 0.2) is 54.6 Å². The van der Waals surface area contributed by atoms with E-state index in [-0.39, 0.29) is 12.5 Å². The molecule has 1 aromatic heterocycles. The molecule has 0 saturated carbocycles. The third-order valence-electron chi connectivity index (χ3n) is 4.18. The van der Waals surface area contributed by atoms with Crippen LogP contribution in [0.2, 0.25) is 0 Å². The number of benzene rings is 2. The van der Waals surface area contributed by atoms with Crippen LogP contribution in [0, 0.1) is 0 Å². The second-order valence-electron chi connectivity index (χ2n) is 6.80. The highest BCUT2D eigenvalue weighted by atomic mass is 16.3. The van der Waals surface area contributed by atoms with Crippen molar-refractivity contribution in [2.45, 2.75) is 32.5 Å². The zero-order valence-corrected chi connectivity index (χ0v) is 14.8. The SMILES string of the molecule is CN(Cc1ccccc1)C(=O)Cn1c(C(C)(C)O)nc2ccccc21. The summed E-state index contributed by atoms with van der Waals surface area (Å²) >= 11 is 0. The number of likely N-dealkylation sites (N-methyl/N-ethyl adjacent to an activating group) is 1. The van der Waals surface area contributed by atoms with Gasteiger partial charge in [0.2, 0.25) is 5.91 Å². The molecule has 1 heterocycles. The Morgan fingerprint density at radius 2 is 1.76 bits per heavy atom. The van der Waals surface area contributed by atoms with E-state index < -0.39 is 5.60 Å². The average molecular weight is 337 g/mol. The Bertz CT molecular complexity index is 879. The Morgan fingerprint density at radius 1 is 1.12 bits per heavy atom. The molecule has 0 bridgehead atoms. The number of amides is 1. The lowest BCUT2D eigenvalue weighted by Gasteiger charge is -2.22. The molecule has 0 aliphatic rings. The van der Waals surface area contributed by atoms with Gasteiger partial charge in [0.05, 0.1) is 11.0 Å². The third kappa shape index (κ3) is 3.72. The fourth-order valence-electron chi connectivity index (χ4n) is 2.90. The minimum absolute atomic E-state index is 0.0301. The number of nitrogens with zero attached hydrogens (tertiary/aromatic N) is 3. The number of fused-ring (bicyclic) bond motifs is 1. The number of para-hydroxylation sites is 2. The lowest BCUT2D eigenvalue weighted by atomic mass is 10.1. The predicted octanol–water partition coefficient (Wildman–Crippen LogP) is 2.92. The van der Waals surface area contributed by atoms with Crippen LogP contribution in [0.1, 0.15) is 25.2 Å². The molecule has 0 saturated heterocycles. The van der Waals surface area contributed by atoms with Crippen molar-refractivity contribution in [1.29, 1.82) is 0 Å². The average Bonchev–Trinajstić information content (AvgIpc) is 2.95. The van der Waals surface area contributed by atoms with E-state index in [1.807, 2.05) is 54.6 Å². The molecule has 3 aromatic rings. The summed E-state index contributed by atoms with van der Waals surface area (Å²) < 4.78 is 1.80. The second-order valence-corrected chi connectivity index (χ2v) is 6.80. The van der Waals surface area contributed by atoms with E-state index in [1.54, 1.807) is 30.4 Å². The van der Waals surface area contributed by atoms with Crippen LogP contribution in [0.25, 0.3) is 11.0 Å². The smallest absolute Gasteiger partial charge is 0.242 e. The monoisotopic (exact) mass is 337 g/mol. The lowest BCUT2D eigenvalue weighted by molar-refractivity contribution is -0.131. The Balaban J connectivity index is 1.88. The molecule has 0 fully saturated rings. The van der Waals surface area contributed by atoms with Crippen molar-refractivity contribution in [3.63, 3.8) is 0 Å². The Hall–Kier alpha value is -2.66. The Kier molecular flexibility index (Phi) is 4.59. The molecule has 5 nitrogen and oxygen atoms in total. The zero-order chi connectivity index (χ0) is 18.0. The molecule has 0 atom stereocenters. The molecule has 0 spiro atoms. The van der Waals surface area contributed by atoms with Crippen molar-refractivity contribution in [2.75, 3.05) is 7.05 Å². The molecule has 0 aliphatic carbocycles. The maximum Gasteiger partial charge on any atom is 0.242 e. The molecule has 2 aromatic carbocycles. The summed E-state index contributed by atoms with van der Waals surface area (Å²) in [7, 11) is 1.79. The van der Waals surface area contributed by atoms with Crippen molar-refractivity contribution >= 4 is 16.9 Å². The first-order chi connectivity index (χ1) is 11.9. The minimum Gasteiger partial charge on any atom is -0.383 e. The number of carbonyl (C=O) groups excluding carboxylic acids is 1. The van der Waals surface area contributed by atoms with Crippen LogP contribution in [0.5, 0.6) is 0 Å². The zero-order valence-electron chi connectivity index (χ0n) is 14.8. The topological polar surface area (TPSA) is 58.4 Å². The summed E-state index contributed by atoms with van der Waals surface area (Å²) in [6.45, 7) is 4.05. The van der Waals surface area contributed by atoms with Crippen molar-refractivity contribution in [1.82, 2.24) is 14.5 Å². The molecule has 0 radical (unpaired) electrons. The van der Waals surface area contributed by atoms with Gasteiger partial charge in [-0.05, 0) is 31.5 Å². The highest BCUT2D eigenvalue weighted by Gasteiger charge is 2.26. The van der Waals surface area contributed by atoms with Gasteiger partial charge in [0.25, 0.3) is 0 Å². The van der Waals surface area contributed by atoms with E-state index in [9.17, 15) is 9.90 Å². The van der Waals surface area contributed by atoms with E-state index in [0.29, 0.717) is 12.4 Å². The van der Waals surface area contributed by atoms with Crippen molar-refractivity contribution < 1.29 is 9.90 Å². The fourth-order valence-corrected chi connectivity index (χ4v) is 2.90. The summed E-state index contributed by atoms with van der Waals surface area (Å²) in [6.07, 6.45) is 0. The second kappa shape index (κ2) is 6.69. The normalized spacial score (nSPS) is 11.7. The highest BCUT2D eigenvalue weighted by molar-refractivity contribution is 5.81. The van der Waals surface area contributed by atoms with Crippen LogP contribution in [-0.2, 0) is 23.5 Å².